The maximum Gasteiger partial charge on any atom is 0.282 e. The lowest BCUT2D eigenvalue weighted by atomic mass is 9.96. The summed E-state index contributed by atoms with van der Waals surface area (Å²) in [6.45, 7) is 6.65. The molecule has 6 nitrogen and oxygen atoms in total. The van der Waals surface area contributed by atoms with Crippen molar-refractivity contribution in [2.45, 2.75) is 33.3 Å². The van der Waals surface area contributed by atoms with E-state index in [2.05, 4.69) is 97.0 Å². The molecule has 0 N–H and O–H groups in total. The average molecular weight is 927 g/mol. The average Bonchev–Trinajstić information content (AvgIpc) is 2.96. The van der Waals surface area contributed by atoms with E-state index in [1.165, 1.54) is 4.68 Å². The molecule has 5 aromatic rings. The van der Waals surface area contributed by atoms with Gasteiger partial charge < -0.3 is 9.47 Å². The second-order valence-corrected chi connectivity index (χ2v) is 14.3. The van der Waals surface area contributed by atoms with Gasteiger partial charge in [0, 0.05) is 20.1 Å². The minimum atomic E-state index is -0.234. The van der Waals surface area contributed by atoms with Crippen LogP contribution in [-0.2, 0) is 6.61 Å². The standard InChI is InChI=1S/C33H27Br2I2N3O3/c1-18(2)24-15-25(19(3)11-30(24)42-4)32-39-29-8-6-5-7-23(29)33(41)40(32)38-16-20-12-27(36)31(28(37)13-20)43-17-21-9-10-22(34)14-26(21)35/h5-16,18H,17H2,1-4H3. The van der Waals surface area contributed by atoms with E-state index in [1.54, 1.807) is 19.4 Å². The Balaban J connectivity index is 1.56. The van der Waals surface area contributed by atoms with E-state index in [0.29, 0.717) is 23.3 Å². The highest BCUT2D eigenvalue weighted by Crippen LogP contribution is 2.34. The van der Waals surface area contributed by atoms with Crippen molar-refractivity contribution in [1.29, 1.82) is 0 Å². The summed E-state index contributed by atoms with van der Waals surface area (Å²) < 4.78 is 17.1. The van der Waals surface area contributed by atoms with Crippen LogP contribution in [-0.4, -0.2) is 23.0 Å². The predicted molar refractivity (Wildman–Crippen MR) is 198 cm³/mol. The Bertz CT molecular complexity index is 1920. The topological polar surface area (TPSA) is 65.7 Å². The third-order valence-corrected chi connectivity index (χ3v) is 9.76. The normalized spacial score (nSPS) is 11.6. The minimum Gasteiger partial charge on any atom is -0.496 e. The first-order valence-electron chi connectivity index (χ1n) is 13.4. The van der Waals surface area contributed by atoms with Gasteiger partial charge in [0.1, 0.15) is 18.1 Å². The SMILES string of the molecule is COc1cc(C)c(-c2nc3ccccc3c(=O)n2N=Cc2cc(I)c(OCc3ccc(Br)cc3Br)c(I)c2)cc1C(C)C. The quantitative estimate of drug-likeness (QED) is 0.115. The summed E-state index contributed by atoms with van der Waals surface area (Å²) in [5, 5.41) is 5.22. The van der Waals surface area contributed by atoms with Crippen molar-refractivity contribution < 1.29 is 9.47 Å². The van der Waals surface area contributed by atoms with Crippen molar-refractivity contribution in [2.75, 3.05) is 7.11 Å². The Kier molecular flexibility index (Phi) is 10.3. The summed E-state index contributed by atoms with van der Waals surface area (Å²) in [7, 11) is 1.67. The van der Waals surface area contributed by atoms with Gasteiger partial charge >= 0.3 is 0 Å². The summed E-state index contributed by atoms with van der Waals surface area (Å²) in [6.07, 6.45) is 1.70. The van der Waals surface area contributed by atoms with Gasteiger partial charge in [0.25, 0.3) is 5.56 Å². The van der Waals surface area contributed by atoms with E-state index in [9.17, 15) is 4.79 Å². The molecule has 0 saturated heterocycles. The first-order chi connectivity index (χ1) is 20.6. The van der Waals surface area contributed by atoms with E-state index in [1.807, 2.05) is 61.5 Å². The molecule has 10 heteroatoms. The molecule has 0 radical (unpaired) electrons. The molecule has 5 rings (SSSR count). The molecule has 0 spiro atoms. The van der Waals surface area contributed by atoms with E-state index < -0.39 is 0 Å². The van der Waals surface area contributed by atoms with Gasteiger partial charge in [-0.25, -0.2) is 4.98 Å². The number of hydrogen-bond donors (Lipinski definition) is 0. The molecule has 0 aliphatic carbocycles. The number of ether oxygens (including phenoxy) is 2. The largest absolute Gasteiger partial charge is 0.496 e. The number of methoxy groups -OCH3 is 1. The monoisotopic (exact) mass is 925 g/mol. The van der Waals surface area contributed by atoms with Crippen molar-refractivity contribution >= 4 is 94.2 Å². The van der Waals surface area contributed by atoms with Crippen LogP contribution >= 0.6 is 77.0 Å². The van der Waals surface area contributed by atoms with Crippen LogP contribution in [0.15, 0.2) is 85.6 Å². The van der Waals surface area contributed by atoms with Crippen molar-refractivity contribution in [3.63, 3.8) is 0 Å². The van der Waals surface area contributed by atoms with Gasteiger partial charge in [0.15, 0.2) is 5.82 Å². The Morgan fingerprint density at radius 2 is 1.74 bits per heavy atom. The van der Waals surface area contributed by atoms with Gasteiger partial charge in [-0.2, -0.15) is 9.78 Å². The number of halogens is 4. The third kappa shape index (κ3) is 7.02. The molecule has 0 atom stereocenters. The zero-order chi connectivity index (χ0) is 30.8. The van der Waals surface area contributed by atoms with Gasteiger partial charge in [-0.15, -0.1) is 0 Å². The Labute approximate surface area is 294 Å². The number of aromatic nitrogens is 2. The maximum absolute atomic E-state index is 13.8. The number of nitrogens with zero attached hydrogens (tertiary/aromatic N) is 3. The minimum absolute atomic E-state index is 0.216. The maximum atomic E-state index is 13.8. The van der Waals surface area contributed by atoms with E-state index in [0.717, 1.165) is 55.4 Å². The van der Waals surface area contributed by atoms with E-state index in [4.69, 9.17) is 19.6 Å². The number of benzene rings is 4. The van der Waals surface area contributed by atoms with Crippen LogP contribution in [0, 0.1) is 14.1 Å². The van der Waals surface area contributed by atoms with Crippen molar-refractivity contribution in [3.8, 4) is 22.9 Å². The zero-order valence-corrected chi connectivity index (χ0v) is 31.3. The molecule has 0 bridgehead atoms. The molecular weight excluding hydrogens is 900 g/mol. The molecule has 0 saturated carbocycles. The smallest absolute Gasteiger partial charge is 0.282 e. The highest BCUT2D eigenvalue weighted by Gasteiger charge is 2.18. The lowest BCUT2D eigenvalue weighted by Gasteiger charge is -2.17. The summed E-state index contributed by atoms with van der Waals surface area (Å²) in [4.78, 5) is 18.7. The van der Waals surface area contributed by atoms with Crippen molar-refractivity contribution in [1.82, 2.24) is 9.66 Å². The van der Waals surface area contributed by atoms with Gasteiger partial charge in [0.2, 0.25) is 0 Å². The van der Waals surface area contributed by atoms with Crippen molar-refractivity contribution in [2.24, 2.45) is 5.10 Å². The lowest BCUT2D eigenvalue weighted by Crippen LogP contribution is -2.21. The van der Waals surface area contributed by atoms with E-state index in [-0.39, 0.29) is 11.5 Å². The fourth-order valence-electron chi connectivity index (χ4n) is 4.68. The fourth-order valence-corrected chi connectivity index (χ4v) is 7.97. The van der Waals surface area contributed by atoms with E-state index >= 15 is 0 Å². The summed E-state index contributed by atoms with van der Waals surface area (Å²) in [5.41, 5.74) is 5.08. The summed E-state index contributed by atoms with van der Waals surface area (Å²) in [5.74, 6) is 2.31. The molecule has 1 aromatic heterocycles. The highest BCUT2D eigenvalue weighted by atomic mass is 127. The molecule has 0 aliphatic rings. The molecule has 220 valence electrons. The molecule has 1 heterocycles. The van der Waals surface area contributed by atoms with Gasteiger partial charge in [-0.3, -0.25) is 4.79 Å². The number of aryl methyl sites for hydroxylation is 1. The number of rotatable bonds is 8. The molecule has 0 fully saturated rings. The van der Waals surface area contributed by atoms with Crippen LogP contribution in [0.5, 0.6) is 11.5 Å². The van der Waals surface area contributed by atoms with Gasteiger partial charge in [-0.1, -0.05) is 63.9 Å². The van der Waals surface area contributed by atoms with Crippen molar-refractivity contribution in [3.05, 3.63) is 115 Å². The zero-order valence-electron chi connectivity index (χ0n) is 23.8. The third-order valence-electron chi connectivity index (χ3n) is 6.92. The second kappa shape index (κ2) is 13.8. The highest BCUT2D eigenvalue weighted by molar-refractivity contribution is 14.1. The molecule has 0 aliphatic heterocycles. The van der Waals surface area contributed by atoms with Gasteiger partial charge in [-0.05, 0) is 123 Å². The summed E-state index contributed by atoms with van der Waals surface area (Å²) >= 11 is 11.6. The lowest BCUT2D eigenvalue weighted by molar-refractivity contribution is 0.301. The second-order valence-electron chi connectivity index (χ2n) is 10.2. The number of hydrogen-bond acceptors (Lipinski definition) is 5. The predicted octanol–water partition coefficient (Wildman–Crippen LogP) is 9.70. The number of fused-ring (bicyclic) bond motifs is 1. The van der Waals surface area contributed by atoms with Crippen LogP contribution in [0.2, 0.25) is 0 Å². The molecular formula is C33H27Br2I2N3O3. The van der Waals surface area contributed by atoms with Crippen LogP contribution < -0.4 is 15.0 Å². The Morgan fingerprint density at radius 3 is 2.42 bits per heavy atom. The first kappa shape index (κ1) is 32.1. The molecule has 43 heavy (non-hydrogen) atoms. The first-order valence-corrected chi connectivity index (χ1v) is 17.1. The summed E-state index contributed by atoms with van der Waals surface area (Å²) in [6, 6.07) is 21.4. The number of para-hydroxylation sites is 1. The van der Waals surface area contributed by atoms with Crippen LogP contribution in [0.1, 0.15) is 42.0 Å². The van der Waals surface area contributed by atoms with Gasteiger partial charge in [0.05, 0.1) is 31.4 Å². The Hall–Kier alpha value is -2.29. The van der Waals surface area contributed by atoms with Crippen LogP contribution in [0.25, 0.3) is 22.3 Å². The van der Waals surface area contributed by atoms with Crippen LogP contribution in [0.4, 0.5) is 0 Å². The fraction of sp³-hybridized carbons (Fsp3) is 0.182. The molecule has 4 aromatic carbocycles. The molecule has 0 unspecified atom stereocenters. The molecule has 0 amide bonds. The Morgan fingerprint density at radius 1 is 1.02 bits per heavy atom. The van der Waals surface area contributed by atoms with Crippen LogP contribution in [0.3, 0.4) is 0 Å².